The standard InChI is InChI=1S/C34H48N2/c1-4-7-8-9-11-16-28-19-21-29(22-20-28)27-35-36-34(32-17-12-10-13-18-32)33-25-23-31(24-26-33)30(14-5-2)15-6-3/h4,10,12-13,17-22,27,30-31,33H,1,5-9,11,14-16,23-26H2,2-3H3. The van der Waals surface area contributed by atoms with Gasteiger partial charge in [-0.3, -0.25) is 0 Å². The summed E-state index contributed by atoms with van der Waals surface area (Å²) >= 11 is 0. The van der Waals surface area contributed by atoms with Gasteiger partial charge in [-0.2, -0.15) is 10.2 Å². The van der Waals surface area contributed by atoms with Crippen LogP contribution < -0.4 is 0 Å². The number of hydrogen-bond donors (Lipinski definition) is 0. The molecule has 0 spiro atoms. The molecule has 2 nitrogen and oxygen atoms in total. The van der Waals surface area contributed by atoms with Gasteiger partial charge in [0.05, 0.1) is 11.9 Å². The van der Waals surface area contributed by atoms with E-state index in [4.69, 9.17) is 5.10 Å². The van der Waals surface area contributed by atoms with Gasteiger partial charge in [0.1, 0.15) is 0 Å². The van der Waals surface area contributed by atoms with E-state index in [1.165, 1.54) is 87.5 Å². The van der Waals surface area contributed by atoms with Crippen LogP contribution in [0.15, 0.2) is 77.5 Å². The zero-order chi connectivity index (χ0) is 25.4. The predicted molar refractivity (Wildman–Crippen MR) is 158 cm³/mol. The molecule has 194 valence electrons. The highest BCUT2D eigenvalue weighted by atomic mass is 15.2. The summed E-state index contributed by atoms with van der Waals surface area (Å²) in [6.45, 7) is 8.48. The quantitative estimate of drug-likeness (QED) is 0.104. The Bertz CT molecular complexity index is 911. The Hall–Kier alpha value is -2.48. The van der Waals surface area contributed by atoms with Gasteiger partial charge in [-0.05, 0) is 79.9 Å². The Morgan fingerprint density at radius 2 is 1.58 bits per heavy atom. The van der Waals surface area contributed by atoms with Crippen molar-refractivity contribution in [3.05, 3.63) is 83.9 Å². The zero-order valence-corrected chi connectivity index (χ0v) is 22.9. The van der Waals surface area contributed by atoms with Crippen LogP contribution in [-0.4, -0.2) is 11.9 Å². The third kappa shape index (κ3) is 9.19. The van der Waals surface area contributed by atoms with E-state index in [9.17, 15) is 0 Å². The molecule has 2 aromatic rings. The maximum Gasteiger partial charge on any atom is 0.0733 e. The minimum absolute atomic E-state index is 0.508. The Morgan fingerprint density at radius 1 is 0.889 bits per heavy atom. The van der Waals surface area contributed by atoms with Crippen molar-refractivity contribution in [2.75, 3.05) is 0 Å². The average Bonchev–Trinajstić information content (AvgIpc) is 2.92. The molecular formula is C34H48N2. The van der Waals surface area contributed by atoms with Crippen molar-refractivity contribution in [3.8, 4) is 0 Å². The van der Waals surface area contributed by atoms with Gasteiger partial charge in [0.25, 0.3) is 0 Å². The highest BCUT2D eigenvalue weighted by Gasteiger charge is 2.29. The number of allylic oxidation sites excluding steroid dienone is 1. The molecule has 0 saturated heterocycles. The van der Waals surface area contributed by atoms with Crippen LogP contribution >= 0.6 is 0 Å². The van der Waals surface area contributed by atoms with Crippen LogP contribution in [0.1, 0.15) is 108 Å². The molecule has 0 radical (unpaired) electrons. The molecule has 36 heavy (non-hydrogen) atoms. The first-order valence-electron chi connectivity index (χ1n) is 14.6. The van der Waals surface area contributed by atoms with Crippen molar-refractivity contribution >= 4 is 11.9 Å². The van der Waals surface area contributed by atoms with Crippen LogP contribution in [0.3, 0.4) is 0 Å². The van der Waals surface area contributed by atoms with E-state index in [-0.39, 0.29) is 0 Å². The number of unbranched alkanes of at least 4 members (excludes halogenated alkanes) is 3. The predicted octanol–water partition coefficient (Wildman–Crippen LogP) is 9.82. The van der Waals surface area contributed by atoms with Gasteiger partial charge in [-0.15, -0.1) is 6.58 Å². The molecule has 1 aliphatic carbocycles. The van der Waals surface area contributed by atoms with E-state index in [0.717, 1.165) is 30.2 Å². The van der Waals surface area contributed by atoms with E-state index < -0.39 is 0 Å². The monoisotopic (exact) mass is 484 g/mol. The van der Waals surface area contributed by atoms with E-state index in [1.54, 1.807) is 0 Å². The number of rotatable bonds is 15. The summed E-state index contributed by atoms with van der Waals surface area (Å²) in [5, 5.41) is 9.42. The average molecular weight is 485 g/mol. The number of hydrogen-bond acceptors (Lipinski definition) is 2. The van der Waals surface area contributed by atoms with Crippen molar-refractivity contribution in [2.45, 2.75) is 97.3 Å². The second kappa shape index (κ2) is 16.3. The third-order valence-electron chi connectivity index (χ3n) is 7.94. The molecule has 0 aromatic heterocycles. The molecular weight excluding hydrogens is 436 g/mol. The molecule has 3 rings (SSSR count). The number of aryl methyl sites for hydroxylation is 1. The third-order valence-corrected chi connectivity index (χ3v) is 7.94. The van der Waals surface area contributed by atoms with E-state index in [1.807, 2.05) is 12.3 Å². The van der Waals surface area contributed by atoms with Crippen LogP contribution in [-0.2, 0) is 6.42 Å². The van der Waals surface area contributed by atoms with Gasteiger partial charge in [0.15, 0.2) is 0 Å². The summed E-state index contributed by atoms with van der Waals surface area (Å²) in [7, 11) is 0. The Balaban J connectivity index is 1.63. The Labute approximate surface area is 221 Å². The van der Waals surface area contributed by atoms with E-state index >= 15 is 0 Å². The van der Waals surface area contributed by atoms with Gasteiger partial charge < -0.3 is 0 Å². The van der Waals surface area contributed by atoms with Crippen molar-refractivity contribution in [2.24, 2.45) is 28.0 Å². The maximum absolute atomic E-state index is 4.83. The molecule has 1 saturated carbocycles. The SMILES string of the molecule is C=CCCCCCc1ccc(C=NN=C(c2ccccc2)C2CCC(C(CCC)CCC)CC2)cc1. The molecule has 0 amide bonds. The normalized spacial score (nSPS) is 18.7. The Morgan fingerprint density at radius 3 is 2.22 bits per heavy atom. The molecule has 0 heterocycles. The van der Waals surface area contributed by atoms with Gasteiger partial charge in [-0.25, -0.2) is 0 Å². The van der Waals surface area contributed by atoms with Gasteiger partial charge >= 0.3 is 0 Å². The largest absolute Gasteiger partial charge is 0.158 e. The minimum Gasteiger partial charge on any atom is -0.158 e. The van der Waals surface area contributed by atoms with Crippen molar-refractivity contribution < 1.29 is 0 Å². The molecule has 1 fully saturated rings. The van der Waals surface area contributed by atoms with Gasteiger partial charge in [-0.1, -0.05) is 107 Å². The second-order valence-corrected chi connectivity index (χ2v) is 10.7. The first kappa shape index (κ1) is 28.1. The van der Waals surface area contributed by atoms with E-state index in [2.05, 4.69) is 80.1 Å². The lowest BCUT2D eigenvalue weighted by Crippen LogP contribution is -2.26. The lowest BCUT2D eigenvalue weighted by molar-refractivity contribution is 0.206. The lowest BCUT2D eigenvalue weighted by Gasteiger charge is -2.34. The zero-order valence-electron chi connectivity index (χ0n) is 22.9. The molecule has 0 atom stereocenters. The lowest BCUT2D eigenvalue weighted by atomic mass is 9.71. The fraction of sp³-hybridized carbons (Fsp3) is 0.529. The van der Waals surface area contributed by atoms with Crippen LogP contribution in [0.2, 0.25) is 0 Å². The van der Waals surface area contributed by atoms with E-state index in [0.29, 0.717) is 5.92 Å². The van der Waals surface area contributed by atoms with Crippen LogP contribution in [0, 0.1) is 17.8 Å². The summed E-state index contributed by atoms with van der Waals surface area (Å²) in [5.74, 6) is 2.31. The van der Waals surface area contributed by atoms with Gasteiger partial charge in [0, 0.05) is 5.92 Å². The fourth-order valence-corrected chi connectivity index (χ4v) is 5.93. The smallest absolute Gasteiger partial charge is 0.0733 e. The summed E-state index contributed by atoms with van der Waals surface area (Å²) in [6, 6.07) is 19.5. The minimum atomic E-state index is 0.508. The number of benzene rings is 2. The molecule has 0 unspecified atom stereocenters. The topological polar surface area (TPSA) is 24.7 Å². The summed E-state index contributed by atoms with van der Waals surface area (Å²) in [4.78, 5) is 0. The van der Waals surface area contributed by atoms with Crippen molar-refractivity contribution in [1.82, 2.24) is 0 Å². The van der Waals surface area contributed by atoms with Crippen LogP contribution in [0.25, 0.3) is 0 Å². The fourth-order valence-electron chi connectivity index (χ4n) is 5.93. The highest BCUT2D eigenvalue weighted by Crippen LogP contribution is 2.38. The summed E-state index contributed by atoms with van der Waals surface area (Å²) in [5.41, 5.74) is 4.92. The van der Waals surface area contributed by atoms with Crippen LogP contribution in [0.4, 0.5) is 0 Å². The molecule has 0 N–H and O–H groups in total. The molecule has 2 aromatic carbocycles. The Kier molecular flexibility index (Phi) is 12.7. The van der Waals surface area contributed by atoms with Crippen molar-refractivity contribution in [1.29, 1.82) is 0 Å². The summed E-state index contributed by atoms with van der Waals surface area (Å²) < 4.78 is 0. The second-order valence-electron chi connectivity index (χ2n) is 10.7. The molecule has 1 aliphatic rings. The molecule has 0 aliphatic heterocycles. The maximum atomic E-state index is 4.83. The number of nitrogens with zero attached hydrogens (tertiary/aromatic N) is 2. The molecule has 2 heteroatoms. The first-order valence-corrected chi connectivity index (χ1v) is 14.6. The molecule has 0 bridgehead atoms. The van der Waals surface area contributed by atoms with Crippen LogP contribution in [0.5, 0.6) is 0 Å². The highest BCUT2D eigenvalue weighted by molar-refractivity contribution is 6.02. The summed E-state index contributed by atoms with van der Waals surface area (Å²) in [6.07, 6.45) is 20.5. The first-order chi connectivity index (χ1) is 17.7. The van der Waals surface area contributed by atoms with Crippen molar-refractivity contribution in [3.63, 3.8) is 0 Å². The van der Waals surface area contributed by atoms with Gasteiger partial charge in [0.2, 0.25) is 0 Å².